The molecule has 0 spiro atoms. The smallest absolute Gasteiger partial charge is 0.0484 e. The van der Waals surface area contributed by atoms with Crippen molar-refractivity contribution in [3.8, 4) is 0 Å². The average molecular weight is 99.1 g/mol. The summed E-state index contributed by atoms with van der Waals surface area (Å²) in [6.07, 6.45) is 3.00. The Morgan fingerprint density at radius 1 is 1.86 bits per heavy atom. The molecule has 0 aromatic heterocycles. The summed E-state index contributed by atoms with van der Waals surface area (Å²) in [6, 6.07) is 0. The summed E-state index contributed by atoms with van der Waals surface area (Å²) in [5.41, 5.74) is 0.972. The predicted molar refractivity (Wildman–Crippen MR) is 26.9 cm³/mol. The molecule has 1 aliphatic heterocycles. The Morgan fingerprint density at radius 2 is 2.57 bits per heavy atom. The molecule has 1 aliphatic rings. The molecule has 0 aliphatic carbocycles. The van der Waals surface area contributed by atoms with Crippen LogP contribution in [0.3, 0.4) is 0 Å². The van der Waals surface area contributed by atoms with Crippen molar-refractivity contribution in [3.63, 3.8) is 0 Å². The van der Waals surface area contributed by atoms with Crippen LogP contribution in [0.5, 0.6) is 0 Å². The maximum Gasteiger partial charge on any atom is 0.0484 e. The molecule has 1 heterocycles. The van der Waals surface area contributed by atoms with E-state index >= 15 is 0 Å². The minimum atomic E-state index is 0.770. The molecule has 0 aromatic carbocycles. The molecule has 0 atom stereocenters. The van der Waals surface area contributed by atoms with Gasteiger partial charge >= 0.3 is 0 Å². The van der Waals surface area contributed by atoms with Gasteiger partial charge in [0.05, 0.1) is 0 Å². The minimum Gasteiger partial charge on any atom is -0.289 e. The van der Waals surface area contributed by atoms with Crippen molar-refractivity contribution in [1.82, 2.24) is 5.06 Å². The molecular weight excluding hydrogens is 90.1 g/mol. The summed E-state index contributed by atoms with van der Waals surface area (Å²) < 4.78 is 0. The van der Waals surface area contributed by atoms with Gasteiger partial charge in [-0.3, -0.25) is 10.3 Å². The van der Waals surface area contributed by atoms with Crippen LogP contribution in [0.2, 0.25) is 0 Å². The Labute approximate surface area is 43.0 Å². The van der Waals surface area contributed by atoms with Crippen molar-refractivity contribution in [2.75, 3.05) is 6.54 Å². The first-order chi connectivity index (χ1) is 3.30. The predicted octanol–water partition coefficient (Wildman–Crippen LogP) is 0.985. The van der Waals surface area contributed by atoms with Gasteiger partial charge in [-0.25, -0.2) is 0 Å². The summed E-state index contributed by atoms with van der Waals surface area (Å²) >= 11 is 0. The monoisotopic (exact) mass is 99.1 g/mol. The van der Waals surface area contributed by atoms with Crippen LogP contribution in [0.4, 0.5) is 0 Å². The van der Waals surface area contributed by atoms with Gasteiger partial charge < -0.3 is 0 Å². The summed E-state index contributed by atoms with van der Waals surface area (Å²) in [5, 5.41) is 10.0. The molecule has 0 bridgehead atoms. The summed E-state index contributed by atoms with van der Waals surface area (Å²) in [6.45, 7) is 2.67. The molecule has 0 amide bonds. The van der Waals surface area contributed by atoms with Crippen LogP contribution in [-0.2, 0) is 0 Å². The largest absolute Gasteiger partial charge is 0.289 e. The molecule has 2 nitrogen and oxygen atoms in total. The van der Waals surface area contributed by atoms with Crippen molar-refractivity contribution < 1.29 is 5.21 Å². The first-order valence-electron chi connectivity index (χ1n) is 2.44. The Balaban J connectivity index is 2.54. The van der Waals surface area contributed by atoms with E-state index < -0.39 is 0 Å². The highest BCUT2D eigenvalue weighted by Crippen LogP contribution is 2.08. The van der Waals surface area contributed by atoms with Crippen LogP contribution >= 0.6 is 0 Å². The van der Waals surface area contributed by atoms with E-state index in [0.717, 1.165) is 18.7 Å². The van der Waals surface area contributed by atoms with E-state index in [1.807, 2.05) is 13.0 Å². The van der Waals surface area contributed by atoms with Crippen molar-refractivity contribution >= 4 is 0 Å². The van der Waals surface area contributed by atoms with Gasteiger partial charge in [-0.2, -0.15) is 0 Å². The molecular formula is C5H9NO. The molecule has 0 radical (unpaired) electrons. The van der Waals surface area contributed by atoms with Gasteiger partial charge in [0.2, 0.25) is 0 Å². The molecule has 0 aromatic rings. The summed E-state index contributed by atoms with van der Waals surface area (Å²) in [4.78, 5) is 0. The van der Waals surface area contributed by atoms with Crippen molar-refractivity contribution in [1.29, 1.82) is 0 Å². The molecule has 40 valence electrons. The molecule has 0 saturated carbocycles. The van der Waals surface area contributed by atoms with Crippen LogP contribution < -0.4 is 0 Å². The molecule has 7 heavy (non-hydrogen) atoms. The van der Waals surface area contributed by atoms with Crippen LogP contribution in [-0.4, -0.2) is 16.8 Å². The summed E-state index contributed by atoms with van der Waals surface area (Å²) in [5.74, 6) is 0. The van der Waals surface area contributed by atoms with E-state index in [9.17, 15) is 0 Å². The SMILES string of the molecule is CC1=CCCN1O. The van der Waals surface area contributed by atoms with Crippen LogP contribution in [0.1, 0.15) is 13.3 Å². The van der Waals surface area contributed by atoms with E-state index in [2.05, 4.69) is 0 Å². The topological polar surface area (TPSA) is 23.5 Å². The zero-order valence-corrected chi connectivity index (χ0v) is 4.39. The van der Waals surface area contributed by atoms with E-state index in [0.29, 0.717) is 0 Å². The fourth-order valence-corrected chi connectivity index (χ4v) is 0.677. The van der Waals surface area contributed by atoms with E-state index in [4.69, 9.17) is 5.21 Å². The Morgan fingerprint density at radius 3 is 2.71 bits per heavy atom. The number of allylic oxidation sites excluding steroid dienone is 1. The van der Waals surface area contributed by atoms with Gasteiger partial charge in [-0.15, -0.1) is 0 Å². The Hall–Kier alpha value is -0.500. The van der Waals surface area contributed by atoms with Gasteiger partial charge in [-0.1, -0.05) is 6.08 Å². The lowest BCUT2D eigenvalue weighted by Gasteiger charge is -2.07. The highest BCUT2D eigenvalue weighted by molar-refractivity contribution is 5.00. The van der Waals surface area contributed by atoms with Gasteiger partial charge in [0.15, 0.2) is 0 Å². The molecule has 0 unspecified atom stereocenters. The number of hydrogen-bond acceptors (Lipinski definition) is 2. The molecule has 2 heteroatoms. The normalized spacial score (nSPS) is 20.3. The van der Waals surface area contributed by atoms with Crippen molar-refractivity contribution in [2.45, 2.75) is 13.3 Å². The lowest BCUT2D eigenvalue weighted by atomic mass is 10.4. The second kappa shape index (κ2) is 1.54. The van der Waals surface area contributed by atoms with Gasteiger partial charge in [0, 0.05) is 12.2 Å². The van der Waals surface area contributed by atoms with Crippen LogP contribution in [0.15, 0.2) is 11.8 Å². The highest BCUT2D eigenvalue weighted by Gasteiger charge is 2.04. The average Bonchev–Trinajstić information content (AvgIpc) is 1.91. The van der Waals surface area contributed by atoms with Crippen LogP contribution in [0, 0.1) is 0 Å². The lowest BCUT2D eigenvalue weighted by molar-refractivity contribution is -0.0443. The van der Waals surface area contributed by atoms with Crippen molar-refractivity contribution in [2.24, 2.45) is 0 Å². The first-order valence-corrected chi connectivity index (χ1v) is 2.44. The van der Waals surface area contributed by atoms with E-state index in [1.54, 1.807) is 0 Å². The third-order valence-electron chi connectivity index (χ3n) is 1.19. The fourth-order valence-electron chi connectivity index (χ4n) is 0.677. The number of hydroxylamine groups is 2. The first kappa shape index (κ1) is 4.65. The lowest BCUT2D eigenvalue weighted by Crippen LogP contribution is -2.11. The second-order valence-electron chi connectivity index (χ2n) is 1.76. The zero-order chi connectivity index (χ0) is 5.28. The number of nitrogens with zero attached hydrogens (tertiary/aromatic N) is 1. The quantitative estimate of drug-likeness (QED) is 0.489. The van der Waals surface area contributed by atoms with Crippen LogP contribution in [0.25, 0.3) is 0 Å². The van der Waals surface area contributed by atoms with E-state index in [-0.39, 0.29) is 0 Å². The number of hydrogen-bond donors (Lipinski definition) is 1. The zero-order valence-electron chi connectivity index (χ0n) is 4.39. The Kier molecular flexibility index (Phi) is 1.02. The Bertz CT molecular complexity index is 98.3. The van der Waals surface area contributed by atoms with E-state index in [1.165, 1.54) is 5.06 Å². The third-order valence-corrected chi connectivity index (χ3v) is 1.19. The van der Waals surface area contributed by atoms with Gasteiger partial charge in [0.1, 0.15) is 0 Å². The molecule has 1 rings (SSSR count). The third kappa shape index (κ3) is 0.747. The molecule has 0 fully saturated rings. The number of rotatable bonds is 0. The fraction of sp³-hybridized carbons (Fsp3) is 0.600. The minimum absolute atomic E-state index is 0.770. The van der Waals surface area contributed by atoms with Gasteiger partial charge in [-0.05, 0) is 13.3 Å². The highest BCUT2D eigenvalue weighted by atomic mass is 16.5. The molecule has 0 saturated heterocycles. The van der Waals surface area contributed by atoms with Gasteiger partial charge in [0.25, 0.3) is 0 Å². The second-order valence-corrected chi connectivity index (χ2v) is 1.76. The maximum atomic E-state index is 8.76. The molecule has 1 N–H and O–H groups in total. The summed E-state index contributed by atoms with van der Waals surface area (Å²) in [7, 11) is 0. The maximum absolute atomic E-state index is 8.76. The van der Waals surface area contributed by atoms with Crippen molar-refractivity contribution in [3.05, 3.63) is 11.8 Å². The standard InChI is InChI=1S/C5H9NO/c1-5-3-2-4-6(5)7/h3,7H,2,4H2,1H3.